The fourth-order valence-electron chi connectivity index (χ4n) is 5.37. The molecule has 0 spiro atoms. The van der Waals surface area contributed by atoms with Crippen LogP contribution < -0.4 is 33.6 Å². The average molecular weight is 596 g/mol. The molecule has 4 amide bonds. The van der Waals surface area contributed by atoms with Crippen LogP contribution in [0.3, 0.4) is 0 Å². The number of Topliss-reactive ketones (excluding diaryl/α,β-unsaturated/α-hetero) is 1. The number of rotatable bonds is 16. The summed E-state index contributed by atoms with van der Waals surface area (Å²) in [4.78, 5) is 72.3. The number of guanidine groups is 1. The summed E-state index contributed by atoms with van der Waals surface area (Å²) in [6.45, 7) is 4.20. The molecular formula is C27H49N9O6. The molecule has 0 aromatic carbocycles. The lowest BCUT2D eigenvalue weighted by molar-refractivity contribution is -0.148. The number of unbranched alkanes of at least 4 members (excludes halogenated alkanes) is 1. The SMILES string of the molecule is CC(=O)C(CCCN=C(N)N)NC(=O)[C@@H]1CCCN1C(=O)[C@@H]1CCCN1C(=O)[C@H](CCCCN)NC(=O)[C@@H](N)[C@@H](C)O. The van der Waals surface area contributed by atoms with Gasteiger partial charge < -0.3 is 48.5 Å². The lowest BCUT2D eigenvalue weighted by Crippen LogP contribution is -2.58. The van der Waals surface area contributed by atoms with Gasteiger partial charge in [-0.05, 0) is 78.2 Å². The third-order valence-electron chi connectivity index (χ3n) is 7.80. The van der Waals surface area contributed by atoms with E-state index < -0.39 is 54.0 Å². The third kappa shape index (κ3) is 9.91. The number of carbonyl (C=O) groups is 5. The normalized spacial score (nSPS) is 21.3. The summed E-state index contributed by atoms with van der Waals surface area (Å²) < 4.78 is 0. The first-order valence-electron chi connectivity index (χ1n) is 14.8. The molecule has 0 aromatic heterocycles. The van der Waals surface area contributed by atoms with E-state index in [1.807, 2.05) is 0 Å². The van der Waals surface area contributed by atoms with E-state index in [0.29, 0.717) is 84.0 Å². The average Bonchev–Trinajstić information content (AvgIpc) is 3.63. The molecule has 0 radical (unpaired) electrons. The van der Waals surface area contributed by atoms with E-state index in [2.05, 4.69) is 15.6 Å². The van der Waals surface area contributed by atoms with Crippen molar-refractivity contribution in [3.05, 3.63) is 0 Å². The predicted octanol–water partition coefficient (Wildman–Crippen LogP) is -2.58. The molecule has 238 valence electrons. The van der Waals surface area contributed by atoms with Crippen molar-refractivity contribution >= 4 is 35.4 Å². The Kier molecular flexibility index (Phi) is 14.1. The van der Waals surface area contributed by atoms with Crippen LogP contribution in [0.2, 0.25) is 0 Å². The third-order valence-corrected chi connectivity index (χ3v) is 7.80. The van der Waals surface area contributed by atoms with Crippen molar-refractivity contribution in [3.8, 4) is 0 Å². The van der Waals surface area contributed by atoms with Gasteiger partial charge in [0.15, 0.2) is 11.7 Å². The molecule has 15 nitrogen and oxygen atoms in total. The van der Waals surface area contributed by atoms with Crippen molar-refractivity contribution in [1.82, 2.24) is 20.4 Å². The van der Waals surface area contributed by atoms with Crippen molar-refractivity contribution in [2.45, 2.75) is 108 Å². The molecule has 2 heterocycles. The smallest absolute Gasteiger partial charge is 0.246 e. The molecule has 11 N–H and O–H groups in total. The molecule has 1 unspecified atom stereocenters. The number of aliphatic hydroxyl groups excluding tert-OH is 1. The lowest BCUT2D eigenvalue weighted by atomic mass is 10.0. The van der Waals surface area contributed by atoms with Crippen molar-refractivity contribution in [2.75, 3.05) is 26.2 Å². The maximum absolute atomic E-state index is 13.8. The highest BCUT2D eigenvalue weighted by Crippen LogP contribution is 2.26. The van der Waals surface area contributed by atoms with Gasteiger partial charge in [-0.1, -0.05) is 0 Å². The first-order chi connectivity index (χ1) is 19.9. The molecule has 6 atom stereocenters. The van der Waals surface area contributed by atoms with E-state index in [1.54, 1.807) is 0 Å². The number of aliphatic imine (C=N–C) groups is 1. The van der Waals surface area contributed by atoms with Crippen LogP contribution >= 0.6 is 0 Å². The topological polar surface area (TPSA) is 253 Å². The summed E-state index contributed by atoms with van der Waals surface area (Å²) in [5.74, 6) is -2.09. The maximum atomic E-state index is 13.8. The number of hydrogen-bond acceptors (Lipinski definition) is 9. The Labute approximate surface area is 247 Å². The minimum absolute atomic E-state index is 0.0504. The van der Waals surface area contributed by atoms with Gasteiger partial charge in [0.1, 0.15) is 24.2 Å². The summed E-state index contributed by atoms with van der Waals surface area (Å²) in [6.07, 6.45) is 3.30. The Hall–Kier alpha value is -3.30. The van der Waals surface area contributed by atoms with Gasteiger partial charge in [-0.3, -0.25) is 29.0 Å². The number of amides is 4. The summed E-state index contributed by atoms with van der Waals surface area (Å²) >= 11 is 0. The van der Waals surface area contributed by atoms with E-state index in [9.17, 15) is 29.1 Å². The van der Waals surface area contributed by atoms with Gasteiger partial charge in [-0.25, -0.2) is 0 Å². The van der Waals surface area contributed by atoms with E-state index in [0.717, 1.165) is 0 Å². The number of likely N-dealkylation sites (tertiary alicyclic amines) is 2. The van der Waals surface area contributed by atoms with E-state index in [-0.39, 0.29) is 17.6 Å². The molecule has 0 aromatic rings. The molecule has 15 heteroatoms. The standard InChI is InChI=1S/C27H49N9O6/c1-16(37)18(9-5-13-32-27(30)31)33-23(39)20-10-6-14-35(20)26(42)21-11-7-15-36(21)25(41)19(8-3-4-12-28)34-24(40)22(29)17(2)38/h17-22,38H,3-15,28-29H2,1-2H3,(H,33,39)(H,34,40)(H4,30,31,32)/t17-,18?,19+,20+,21+,22+/m1/s1. The molecule has 2 aliphatic heterocycles. The summed E-state index contributed by atoms with van der Waals surface area (Å²) in [5, 5.41) is 15.1. The highest BCUT2D eigenvalue weighted by molar-refractivity contribution is 5.96. The fourth-order valence-corrected chi connectivity index (χ4v) is 5.37. The highest BCUT2D eigenvalue weighted by atomic mass is 16.3. The number of nitrogens with two attached hydrogens (primary N) is 4. The van der Waals surface area contributed by atoms with Gasteiger partial charge in [0.25, 0.3) is 0 Å². The molecule has 2 saturated heterocycles. The van der Waals surface area contributed by atoms with Gasteiger partial charge in [0.05, 0.1) is 12.1 Å². The molecular weight excluding hydrogens is 546 g/mol. The highest BCUT2D eigenvalue weighted by Gasteiger charge is 2.44. The van der Waals surface area contributed by atoms with Gasteiger partial charge in [0.2, 0.25) is 23.6 Å². The number of carbonyl (C=O) groups excluding carboxylic acids is 5. The van der Waals surface area contributed by atoms with Gasteiger partial charge >= 0.3 is 0 Å². The number of ketones is 1. The minimum atomic E-state index is -1.21. The van der Waals surface area contributed by atoms with Crippen LogP contribution in [0.25, 0.3) is 0 Å². The molecule has 2 aliphatic rings. The monoisotopic (exact) mass is 595 g/mol. The van der Waals surface area contributed by atoms with Crippen LogP contribution in [0, 0.1) is 0 Å². The van der Waals surface area contributed by atoms with E-state index >= 15 is 0 Å². The van der Waals surface area contributed by atoms with E-state index in [4.69, 9.17) is 22.9 Å². The minimum Gasteiger partial charge on any atom is -0.391 e. The van der Waals surface area contributed by atoms with Crippen molar-refractivity contribution in [3.63, 3.8) is 0 Å². The quantitative estimate of drug-likeness (QED) is 0.0557. The van der Waals surface area contributed by atoms with Crippen molar-refractivity contribution < 1.29 is 29.1 Å². The summed E-state index contributed by atoms with van der Waals surface area (Å²) in [5.41, 5.74) is 22.1. The van der Waals surface area contributed by atoms with Crippen molar-refractivity contribution in [2.24, 2.45) is 27.9 Å². The van der Waals surface area contributed by atoms with Gasteiger partial charge in [0, 0.05) is 19.6 Å². The van der Waals surface area contributed by atoms with Crippen LogP contribution in [0.4, 0.5) is 0 Å². The number of nitrogens with one attached hydrogen (secondary N) is 2. The Morgan fingerprint density at radius 1 is 0.929 bits per heavy atom. The Morgan fingerprint density at radius 2 is 1.55 bits per heavy atom. The van der Waals surface area contributed by atoms with Crippen LogP contribution in [0.5, 0.6) is 0 Å². The Morgan fingerprint density at radius 3 is 2.14 bits per heavy atom. The second kappa shape index (κ2) is 17.0. The first-order valence-corrected chi connectivity index (χ1v) is 14.8. The van der Waals surface area contributed by atoms with Gasteiger partial charge in [-0.2, -0.15) is 0 Å². The maximum Gasteiger partial charge on any atom is 0.246 e. The lowest BCUT2D eigenvalue weighted by Gasteiger charge is -2.33. The number of aliphatic hydroxyl groups is 1. The Balaban J connectivity index is 2.12. The zero-order valence-corrected chi connectivity index (χ0v) is 24.8. The van der Waals surface area contributed by atoms with Crippen LogP contribution in [-0.4, -0.2) is 113 Å². The molecule has 42 heavy (non-hydrogen) atoms. The fraction of sp³-hybridized carbons (Fsp3) is 0.778. The van der Waals surface area contributed by atoms with Gasteiger partial charge in [-0.15, -0.1) is 0 Å². The largest absolute Gasteiger partial charge is 0.391 e. The Bertz CT molecular complexity index is 987. The predicted molar refractivity (Wildman–Crippen MR) is 156 cm³/mol. The molecule has 0 bridgehead atoms. The molecule has 0 saturated carbocycles. The van der Waals surface area contributed by atoms with Crippen LogP contribution in [0.15, 0.2) is 4.99 Å². The molecule has 2 fully saturated rings. The molecule has 0 aliphatic carbocycles. The second-order valence-electron chi connectivity index (χ2n) is 11.1. The second-order valence-corrected chi connectivity index (χ2v) is 11.1. The zero-order valence-electron chi connectivity index (χ0n) is 24.8. The molecule has 2 rings (SSSR count). The number of hydrogen-bond donors (Lipinski definition) is 7. The summed E-state index contributed by atoms with van der Waals surface area (Å²) in [6, 6.07) is -4.43. The van der Waals surface area contributed by atoms with Crippen LogP contribution in [-0.2, 0) is 24.0 Å². The van der Waals surface area contributed by atoms with Crippen molar-refractivity contribution in [1.29, 1.82) is 0 Å². The first kappa shape index (κ1) is 34.9. The zero-order chi connectivity index (χ0) is 31.4. The van der Waals surface area contributed by atoms with Crippen LogP contribution in [0.1, 0.15) is 71.6 Å². The summed E-state index contributed by atoms with van der Waals surface area (Å²) in [7, 11) is 0. The number of nitrogens with zero attached hydrogens (tertiary/aromatic N) is 3. The van der Waals surface area contributed by atoms with E-state index in [1.165, 1.54) is 23.6 Å².